The Kier molecular flexibility index (Phi) is 5.51. The van der Waals surface area contributed by atoms with Crippen LogP contribution < -0.4 is 5.32 Å². The van der Waals surface area contributed by atoms with Crippen LogP contribution in [0.5, 0.6) is 0 Å². The van der Waals surface area contributed by atoms with Gasteiger partial charge in [-0.1, -0.05) is 19.8 Å². The van der Waals surface area contributed by atoms with Gasteiger partial charge in [-0.2, -0.15) is 0 Å². The number of halogens is 1. The molecule has 21 heavy (non-hydrogen) atoms. The molecule has 3 rings (SSSR count). The summed E-state index contributed by atoms with van der Waals surface area (Å²) >= 11 is 0. The molecular weight excluding hydrogens is 284 g/mol. The van der Waals surface area contributed by atoms with E-state index in [-0.39, 0.29) is 18.3 Å². The molecule has 1 aromatic rings. The second-order valence-electron chi connectivity index (χ2n) is 5.96. The van der Waals surface area contributed by atoms with Crippen molar-refractivity contribution in [3.63, 3.8) is 0 Å². The Bertz CT molecular complexity index is 504. The van der Waals surface area contributed by atoms with Crippen molar-refractivity contribution in [2.24, 2.45) is 0 Å². The van der Waals surface area contributed by atoms with Crippen LogP contribution in [0.3, 0.4) is 0 Å². The van der Waals surface area contributed by atoms with Crippen LogP contribution in [-0.2, 0) is 6.42 Å². The maximum Gasteiger partial charge on any atom is 0.254 e. The fraction of sp³-hybridized carbons (Fsp3) is 0.588. The van der Waals surface area contributed by atoms with Crippen molar-refractivity contribution in [2.75, 3.05) is 18.4 Å². The van der Waals surface area contributed by atoms with Crippen LogP contribution in [-0.4, -0.2) is 29.9 Å². The van der Waals surface area contributed by atoms with Crippen molar-refractivity contribution in [3.05, 3.63) is 29.3 Å². The molecule has 1 unspecified atom stereocenters. The molecule has 4 heteroatoms. The summed E-state index contributed by atoms with van der Waals surface area (Å²) in [5.74, 6) is 0.230. The first-order chi connectivity index (χ1) is 9.79. The SMILES string of the molecule is CCC1CCCCCN1C(=O)c1ccc2c(c1)CCN2.Cl. The zero-order chi connectivity index (χ0) is 13.9. The minimum Gasteiger partial charge on any atom is -0.384 e. The highest BCUT2D eigenvalue weighted by Gasteiger charge is 2.25. The number of anilines is 1. The molecule has 1 fully saturated rings. The highest BCUT2D eigenvalue weighted by molar-refractivity contribution is 5.95. The third kappa shape index (κ3) is 3.34. The lowest BCUT2D eigenvalue weighted by atomic mass is 10.0. The van der Waals surface area contributed by atoms with Gasteiger partial charge in [-0.25, -0.2) is 0 Å². The standard InChI is InChI=1S/C17H24N2O.ClH/c1-2-15-6-4-3-5-11-19(15)17(20)14-7-8-16-13(12-14)9-10-18-16;/h7-8,12,15,18H,2-6,9-11H2,1H3;1H. The van der Waals surface area contributed by atoms with E-state index in [9.17, 15) is 4.79 Å². The number of amides is 1. The van der Waals surface area contributed by atoms with Crippen molar-refractivity contribution in [3.8, 4) is 0 Å². The molecule has 0 spiro atoms. The van der Waals surface area contributed by atoms with Crippen LogP contribution >= 0.6 is 12.4 Å². The van der Waals surface area contributed by atoms with Gasteiger partial charge in [-0.15, -0.1) is 12.4 Å². The first-order valence-electron chi connectivity index (χ1n) is 7.97. The van der Waals surface area contributed by atoms with E-state index < -0.39 is 0 Å². The molecule has 0 bridgehead atoms. The van der Waals surface area contributed by atoms with Gasteiger partial charge in [0.15, 0.2) is 0 Å². The summed E-state index contributed by atoms with van der Waals surface area (Å²) in [7, 11) is 0. The van der Waals surface area contributed by atoms with Crippen LogP contribution in [0.2, 0.25) is 0 Å². The normalized spacial score (nSPS) is 21.0. The van der Waals surface area contributed by atoms with Gasteiger partial charge in [0.25, 0.3) is 5.91 Å². The number of rotatable bonds is 2. The predicted molar refractivity (Wildman–Crippen MR) is 89.5 cm³/mol. The van der Waals surface area contributed by atoms with Crippen molar-refractivity contribution in [1.29, 1.82) is 0 Å². The number of likely N-dealkylation sites (tertiary alicyclic amines) is 1. The lowest BCUT2D eigenvalue weighted by molar-refractivity contribution is 0.0678. The maximum atomic E-state index is 12.8. The maximum absolute atomic E-state index is 12.8. The minimum absolute atomic E-state index is 0. The van der Waals surface area contributed by atoms with Gasteiger partial charge in [0.1, 0.15) is 0 Å². The van der Waals surface area contributed by atoms with E-state index in [2.05, 4.69) is 29.3 Å². The Morgan fingerprint density at radius 1 is 1.33 bits per heavy atom. The molecule has 1 atom stereocenters. The van der Waals surface area contributed by atoms with Crippen LogP contribution in [0.15, 0.2) is 18.2 Å². The quantitative estimate of drug-likeness (QED) is 0.899. The van der Waals surface area contributed by atoms with Gasteiger partial charge in [-0.05, 0) is 49.4 Å². The highest BCUT2D eigenvalue weighted by Crippen LogP contribution is 2.26. The van der Waals surface area contributed by atoms with Crippen LogP contribution in [0.4, 0.5) is 5.69 Å². The van der Waals surface area contributed by atoms with Gasteiger partial charge >= 0.3 is 0 Å². The molecule has 2 aliphatic rings. The third-order valence-corrected chi connectivity index (χ3v) is 4.67. The summed E-state index contributed by atoms with van der Waals surface area (Å²) < 4.78 is 0. The largest absolute Gasteiger partial charge is 0.384 e. The highest BCUT2D eigenvalue weighted by atomic mass is 35.5. The van der Waals surface area contributed by atoms with Gasteiger partial charge < -0.3 is 10.2 Å². The van der Waals surface area contributed by atoms with Gasteiger partial charge in [-0.3, -0.25) is 4.79 Å². The van der Waals surface area contributed by atoms with E-state index in [4.69, 9.17) is 0 Å². The molecule has 116 valence electrons. The number of fused-ring (bicyclic) bond motifs is 1. The smallest absolute Gasteiger partial charge is 0.254 e. The van der Waals surface area contributed by atoms with Gasteiger partial charge in [0, 0.05) is 30.4 Å². The lowest BCUT2D eigenvalue weighted by Gasteiger charge is -2.29. The predicted octanol–water partition coefficient (Wildman–Crippen LogP) is 3.87. The number of carbonyl (C=O) groups excluding carboxylic acids is 1. The minimum atomic E-state index is 0. The molecule has 3 nitrogen and oxygen atoms in total. The first kappa shape index (κ1) is 16.2. The summed E-state index contributed by atoms with van der Waals surface area (Å²) in [4.78, 5) is 14.9. The van der Waals surface area contributed by atoms with Crippen LogP contribution in [0.25, 0.3) is 0 Å². The van der Waals surface area contributed by atoms with E-state index in [0.29, 0.717) is 6.04 Å². The van der Waals surface area contributed by atoms with Gasteiger partial charge in [0.2, 0.25) is 0 Å². The summed E-state index contributed by atoms with van der Waals surface area (Å²) in [6.07, 6.45) is 6.93. The zero-order valence-electron chi connectivity index (χ0n) is 12.7. The van der Waals surface area contributed by atoms with E-state index >= 15 is 0 Å². The Morgan fingerprint density at radius 2 is 2.19 bits per heavy atom. The Hall–Kier alpha value is -1.22. The Morgan fingerprint density at radius 3 is 3.00 bits per heavy atom. The monoisotopic (exact) mass is 308 g/mol. The number of benzene rings is 1. The zero-order valence-corrected chi connectivity index (χ0v) is 13.5. The van der Waals surface area contributed by atoms with E-state index in [1.54, 1.807) is 0 Å². The summed E-state index contributed by atoms with van der Waals surface area (Å²) in [5, 5.41) is 3.35. The van der Waals surface area contributed by atoms with Crippen molar-refractivity contribution >= 4 is 24.0 Å². The second kappa shape index (κ2) is 7.17. The molecule has 0 saturated carbocycles. The summed E-state index contributed by atoms with van der Waals surface area (Å²) in [5.41, 5.74) is 3.36. The molecule has 0 aliphatic carbocycles. The topological polar surface area (TPSA) is 32.3 Å². The van der Waals surface area contributed by atoms with Crippen LogP contribution in [0.1, 0.15) is 54.9 Å². The molecule has 1 saturated heterocycles. The van der Waals surface area contributed by atoms with E-state index in [0.717, 1.165) is 44.3 Å². The molecule has 0 aromatic heterocycles. The fourth-order valence-corrected chi connectivity index (χ4v) is 3.47. The van der Waals surface area contributed by atoms with Crippen molar-refractivity contribution < 1.29 is 4.79 Å². The average molecular weight is 309 g/mol. The number of nitrogens with one attached hydrogen (secondary N) is 1. The number of nitrogens with zero attached hydrogens (tertiary/aromatic N) is 1. The number of hydrogen-bond acceptors (Lipinski definition) is 2. The second-order valence-corrected chi connectivity index (χ2v) is 5.96. The van der Waals surface area contributed by atoms with E-state index in [1.165, 1.54) is 24.1 Å². The van der Waals surface area contributed by atoms with Crippen molar-refractivity contribution in [1.82, 2.24) is 4.90 Å². The number of carbonyl (C=O) groups is 1. The van der Waals surface area contributed by atoms with E-state index in [1.807, 2.05) is 6.07 Å². The van der Waals surface area contributed by atoms with Gasteiger partial charge in [0.05, 0.1) is 0 Å². The first-order valence-corrected chi connectivity index (χ1v) is 7.97. The molecule has 1 N–H and O–H groups in total. The summed E-state index contributed by atoms with van der Waals surface area (Å²) in [6.45, 7) is 4.11. The fourth-order valence-electron chi connectivity index (χ4n) is 3.47. The lowest BCUT2D eigenvalue weighted by Crippen LogP contribution is -2.39. The van der Waals surface area contributed by atoms with Crippen LogP contribution in [0, 0.1) is 0 Å². The molecule has 1 aromatic carbocycles. The number of hydrogen-bond donors (Lipinski definition) is 1. The third-order valence-electron chi connectivity index (χ3n) is 4.67. The Balaban J connectivity index is 0.00000161. The molecule has 2 aliphatic heterocycles. The summed E-state index contributed by atoms with van der Waals surface area (Å²) in [6, 6.07) is 6.57. The molecule has 1 amide bonds. The Labute approximate surface area is 133 Å². The average Bonchev–Trinajstić information content (AvgIpc) is 2.81. The van der Waals surface area contributed by atoms with Crippen molar-refractivity contribution in [2.45, 2.75) is 51.5 Å². The molecular formula is C17H25ClN2O. The molecule has 2 heterocycles. The molecule has 0 radical (unpaired) electrons.